The van der Waals surface area contributed by atoms with Gasteiger partial charge in [-0.05, 0) is 109 Å². The smallest absolute Gasteiger partial charge is 0.408 e. The molecule has 0 fully saturated rings. The van der Waals surface area contributed by atoms with Crippen molar-refractivity contribution in [1.29, 1.82) is 0 Å². The van der Waals surface area contributed by atoms with Gasteiger partial charge in [0.1, 0.15) is 10.6 Å². The summed E-state index contributed by atoms with van der Waals surface area (Å²) in [6.07, 6.45) is 0.652. The Hall–Kier alpha value is -3.52. The van der Waals surface area contributed by atoms with Crippen LogP contribution in [0.15, 0.2) is 59.5 Å². The molecule has 0 aliphatic carbocycles. The van der Waals surface area contributed by atoms with E-state index in [-0.39, 0.29) is 22.2 Å². The predicted molar refractivity (Wildman–Crippen MR) is 183 cm³/mol. The number of hydrogen-bond donors (Lipinski definition) is 2. The molecule has 3 aromatic rings. The number of rotatable bonds is 10. The molecule has 3 rings (SSSR count). The highest BCUT2D eigenvalue weighted by Crippen LogP contribution is 2.38. The van der Waals surface area contributed by atoms with Gasteiger partial charge < -0.3 is 19.2 Å². The zero-order valence-corrected chi connectivity index (χ0v) is 30.1. The molecule has 0 saturated carbocycles. The summed E-state index contributed by atoms with van der Waals surface area (Å²) in [5.41, 5.74) is 0.787. The molecule has 13 heteroatoms. The number of ether oxygens (including phenoxy) is 1. The Kier molecular flexibility index (Phi) is 11.2. The van der Waals surface area contributed by atoms with Gasteiger partial charge in [0, 0.05) is 52.9 Å². The molecule has 0 aliphatic heterocycles. The summed E-state index contributed by atoms with van der Waals surface area (Å²) in [7, 11) is -2.60. The van der Waals surface area contributed by atoms with Crippen LogP contribution in [0, 0.1) is 5.82 Å². The number of halogens is 1. The maximum atomic E-state index is 13.9. The van der Waals surface area contributed by atoms with E-state index in [1.807, 2.05) is 0 Å². The maximum Gasteiger partial charge on any atom is 0.408 e. The van der Waals surface area contributed by atoms with Crippen LogP contribution in [0.1, 0.15) is 95.4 Å². The molecule has 1 unspecified atom stereocenters. The van der Waals surface area contributed by atoms with Crippen LogP contribution < -0.4 is 15.6 Å². The van der Waals surface area contributed by atoms with Gasteiger partial charge in [0.05, 0.1) is 10.8 Å². The standard InChI is InChI=1S/C34H44FN3O7S2/c1-21(37-46(42)33(5,6)7)26-18-29(39)38(10)19-28(26)27-17-23(13-16-25(27)30(40)22-11-14-24(35)15-12-22)34(8,9)47(43,44)20-45-31(41)36-32(2,3)4/h11-19,21,37H,20H2,1-10H3,(H,36,41)/t21?,46-/m0/s1. The lowest BCUT2D eigenvalue weighted by atomic mass is 9.87. The van der Waals surface area contributed by atoms with Crippen molar-refractivity contribution in [2.75, 3.05) is 5.94 Å². The topological polar surface area (TPSA) is 147 Å². The number of benzene rings is 2. The molecule has 1 heterocycles. The van der Waals surface area contributed by atoms with Gasteiger partial charge in [-0.2, -0.15) is 0 Å². The van der Waals surface area contributed by atoms with Crippen molar-refractivity contribution in [2.24, 2.45) is 7.05 Å². The number of aryl methyl sites for hydroxylation is 1. The first kappa shape index (κ1) is 37.9. The second-order valence-corrected chi connectivity index (χ2v) is 18.4. The molecule has 0 spiro atoms. The van der Waals surface area contributed by atoms with Gasteiger partial charge in [-0.25, -0.2) is 17.6 Å². The van der Waals surface area contributed by atoms with Gasteiger partial charge in [0.15, 0.2) is 21.6 Å². The fourth-order valence-electron chi connectivity index (χ4n) is 4.53. The van der Waals surface area contributed by atoms with Crippen molar-refractivity contribution >= 4 is 33.1 Å². The number of alkyl carbamates (subject to hydrolysis) is 1. The van der Waals surface area contributed by atoms with Gasteiger partial charge in [-0.3, -0.25) is 9.59 Å². The first-order valence-corrected chi connectivity index (χ1v) is 17.8. The summed E-state index contributed by atoms with van der Waals surface area (Å²) in [6, 6.07) is 10.3. The van der Waals surface area contributed by atoms with Crippen molar-refractivity contribution in [2.45, 2.75) is 83.4 Å². The van der Waals surface area contributed by atoms with Crippen molar-refractivity contribution < 1.29 is 31.7 Å². The molecule has 2 aromatic carbocycles. The number of ketones is 1. The summed E-state index contributed by atoms with van der Waals surface area (Å²) < 4.78 is 61.3. The van der Waals surface area contributed by atoms with E-state index in [4.69, 9.17) is 4.74 Å². The van der Waals surface area contributed by atoms with Crippen LogP contribution >= 0.6 is 0 Å². The number of hydrogen-bond acceptors (Lipinski definition) is 8. The lowest BCUT2D eigenvalue weighted by Gasteiger charge is -2.29. The molecule has 1 amide bonds. The van der Waals surface area contributed by atoms with Crippen LogP contribution in [0.2, 0.25) is 0 Å². The van der Waals surface area contributed by atoms with E-state index in [0.717, 1.165) is 12.1 Å². The monoisotopic (exact) mass is 689 g/mol. The molecular formula is C34H44FN3O7S2. The third-order valence-corrected chi connectivity index (χ3v) is 11.4. The van der Waals surface area contributed by atoms with E-state index in [9.17, 15) is 31.7 Å². The minimum atomic E-state index is -4.14. The number of pyridine rings is 1. The molecule has 0 bridgehead atoms. The van der Waals surface area contributed by atoms with Crippen LogP contribution in [-0.4, -0.2) is 45.6 Å². The second-order valence-electron chi connectivity index (χ2n) is 14.0. The summed E-state index contributed by atoms with van der Waals surface area (Å²) in [5, 5.41) is 2.56. The van der Waals surface area contributed by atoms with E-state index >= 15 is 0 Å². The number of amides is 1. The van der Waals surface area contributed by atoms with Gasteiger partial charge in [-0.15, -0.1) is 4.72 Å². The molecule has 2 N–H and O–H groups in total. The average molecular weight is 690 g/mol. The van der Waals surface area contributed by atoms with Crippen LogP contribution in [0.5, 0.6) is 0 Å². The molecule has 2 atom stereocenters. The Morgan fingerprint density at radius 1 is 0.979 bits per heavy atom. The fraction of sp³-hybridized carbons (Fsp3) is 0.441. The van der Waals surface area contributed by atoms with E-state index < -0.39 is 65.9 Å². The molecular weight excluding hydrogens is 646 g/mol. The highest BCUT2D eigenvalue weighted by atomic mass is 32.2. The van der Waals surface area contributed by atoms with Crippen molar-refractivity contribution in [3.8, 4) is 11.1 Å². The quantitative estimate of drug-likeness (QED) is 0.205. The van der Waals surface area contributed by atoms with Crippen LogP contribution in [0.4, 0.5) is 9.18 Å². The average Bonchev–Trinajstić information content (AvgIpc) is 2.95. The highest BCUT2D eigenvalue weighted by molar-refractivity contribution is 7.92. The zero-order valence-electron chi connectivity index (χ0n) is 28.5. The lowest BCUT2D eigenvalue weighted by molar-refractivity contribution is 0.103. The van der Waals surface area contributed by atoms with Gasteiger partial charge in [0.2, 0.25) is 0 Å². The SMILES string of the molecule is CC(N[S@@+]([O-])C(C)(C)C)c1cc(=O)n(C)cc1-c1cc(C(C)(C)S(=O)(=O)COC(=O)NC(C)(C)C)ccc1C(=O)c1ccc(F)cc1. The second kappa shape index (κ2) is 13.9. The number of nitrogens with zero attached hydrogens (tertiary/aromatic N) is 1. The van der Waals surface area contributed by atoms with Crippen molar-refractivity contribution in [3.63, 3.8) is 0 Å². The zero-order chi connectivity index (χ0) is 35.7. The van der Waals surface area contributed by atoms with E-state index in [1.54, 1.807) is 61.6 Å². The first-order valence-electron chi connectivity index (χ1n) is 15.0. The van der Waals surface area contributed by atoms with Crippen LogP contribution in [0.3, 0.4) is 0 Å². The van der Waals surface area contributed by atoms with Crippen molar-refractivity contribution in [1.82, 2.24) is 14.6 Å². The first-order chi connectivity index (χ1) is 21.4. The maximum absolute atomic E-state index is 13.9. The van der Waals surface area contributed by atoms with Crippen LogP contribution in [-0.2, 0) is 37.7 Å². The molecule has 10 nitrogen and oxygen atoms in total. The Morgan fingerprint density at radius 3 is 2.13 bits per heavy atom. The van der Waals surface area contributed by atoms with E-state index in [0.29, 0.717) is 16.7 Å². The molecule has 1 aromatic heterocycles. The van der Waals surface area contributed by atoms with E-state index in [1.165, 1.54) is 54.9 Å². The minimum Gasteiger partial charge on any atom is -0.598 e. The Labute approximate surface area is 279 Å². The number of carbonyl (C=O) groups excluding carboxylic acids is 2. The van der Waals surface area contributed by atoms with E-state index in [2.05, 4.69) is 10.0 Å². The minimum absolute atomic E-state index is 0.165. The number of aromatic nitrogens is 1. The summed E-state index contributed by atoms with van der Waals surface area (Å²) in [5.74, 6) is -1.89. The molecule has 0 radical (unpaired) electrons. The molecule has 0 saturated heterocycles. The van der Waals surface area contributed by atoms with Gasteiger partial charge in [-0.1, -0.05) is 12.1 Å². The predicted octanol–water partition coefficient (Wildman–Crippen LogP) is 5.67. The molecule has 47 heavy (non-hydrogen) atoms. The van der Waals surface area contributed by atoms with Gasteiger partial charge >= 0.3 is 6.09 Å². The number of carbonyl (C=O) groups is 2. The third kappa shape index (κ3) is 9.10. The van der Waals surface area contributed by atoms with Gasteiger partial charge in [0.25, 0.3) is 5.56 Å². The highest BCUT2D eigenvalue weighted by Gasteiger charge is 2.38. The number of sulfone groups is 1. The largest absolute Gasteiger partial charge is 0.598 e. The summed E-state index contributed by atoms with van der Waals surface area (Å²) >= 11 is -1.52. The third-order valence-electron chi connectivity index (χ3n) is 7.52. The Balaban J connectivity index is 2.24. The van der Waals surface area contributed by atoms with Crippen molar-refractivity contribution in [3.05, 3.63) is 93.2 Å². The summed E-state index contributed by atoms with van der Waals surface area (Å²) in [6.45, 7) is 15.3. The Bertz CT molecular complexity index is 1810. The lowest BCUT2D eigenvalue weighted by Crippen LogP contribution is -2.42. The van der Waals surface area contributed by atoms with Crippen LogP contribution in [0.25, 0.3) is 11.1 Å². The molecule has 0 aliphatic rings. The fourth-order valence-corrected chi connectivity index (χ4v) is 6.37. The number of nitrogens with one attached hydrogen (secondary N) is 2. The molecule has 256 valence electrons. The normalized spacial score (nSPS) is 14.0. The summed E-state index contributed by atoms with van der Waals surface area (Å²) in [4.78, 5) is 39.1. The Morgan fingerprint density at radius 2 is 1.57 bits per heavy atom.